The average Bonchev–Trinajstić information content (AvgIpc) is 2.69. The van der Waals surface area contributed by atoms with Crippen LogP contribution in [0.3, 0.4) is 0 Å². The topological polar surface area (TPSA) is 44.8 Å². The highest BCUT2D eigenvalue weighted by Crippen LogP contribution is 2.29. The van der Waals surface area contributed by atoms with Gasteiger partial charge in [-0.2, -0.15) is 0 Å². The molecule has 4 nitrogen and oxygen atoms in total. The van der Waals surface area contributed by atoms with Crippen molar-refractivity contribution in [2.45, 2.75) is 20.5 Å². The Morgan fingerprint density at radius 1 is 0.893 bits per heavy atom. The van der Waals surface area contributed by atoms with Crippen LogP contribution in [0.2, 0.25) is 0 Å². The Kier molecular flexibility index (Phi) is 6.80. The van der Waals surface area contributed by atoms with Crippen LogP contribution in [0.4, 0.5) is 0 Å². The Morgan fingerprint density at radius 3 is 2.43 bits per heavy atom. The molecule has 0 spiro atoms. The van der Waals surface area contributed by atoms with Crippen molar-refractivity contribution in [2.24, 2.45) is 0 Å². The van der Waals surface area contributed by atoms with Gasteiger partial charge in [0.1, 0.15) is 6.61 Å². The van der Waals surface area contributed by atoms with E-state index in [1.54, 1.807) is 6.92 Å². The van der Waals surface area contributed by atoms with Gasteiger partial charge in [-0.25, -0.2) is 4.79 Å². The number of hydrogen-bond donors (Lipinski definition) is 0. The lowest BCUT2D eigenvalue weighted by Gasteiger charge is -2.13. The van der Waals surface area contributed by atoms with E-state index in [2.05, 4.69) is 62.0 Å². The molecule has 0 atom stereocenters. The summed E-state index contributed by atoms with van der Waals surface area (Å²) in [5.74, 6) is -0.391. The molecule has 3 aromatic rings. The number of fused-ring (bicyclic) bond motifs is 2. The minimum absolute atomic E-state index is 0.221. The number of benzene rings is 3. The minimum Gasteiger partial charge on any atom is -0.460 e. The summed E-state index contributed by atoms with van der Waals surface area (Å²) in [6.45, 7) is 9.28. The molecular weight excluding hydrogens is 352 g/mol. The van der Waals surface area contributed by atoms with Crippen LogP contribution in [0, 0.1) is 6.92 Å². The zero-order chi connectivity index (χ0) is 19.9. The second-order valence-electron chi connectivity index (χ2n) is 6.88. The van der Waals surface area contributed by atoms with E-state index in [-0.39, 0.29) is 6.61 Å². The molecule has 0 aromatic heterocycles. The van der Waals surface area contributed by atoms with Crippen molar-refractivity contribution in [3.05, 3.63) is 71.8 Å². The Bertz CT molecular complexity index is 990. The largest absolute Gasteiger partial charge is 0.460 e. The van der Waals surface area contributed by atoms with Crippen LogP contribution in [0.15, 0.2) is 60.7 Å². The number of carbonyl (C=O) groups excluding carboxylic acids is 1. The Morgan fingerprint density at radius 2 is 1.61 bits per heavy atom. The monoisotopic (exact) mass is 378 g/mol. The molecule has 146 valence electrons. The Balaban J connectivity index is 1.57. The van der Waals surface area contributed by atoms with Gasteiger partial charge in [0, 0.05) is 5.57 Å². The van der Waals surface area contributed by atoms with Gasteiger partial charge in [-0.15, -0.1) is 0 Å². The normalized spacial score (nSPS) is 11.1. The van der Waals surface area contributed by atoms with Crippen LogP contribution < -0.4 is 0 Å². The average molecular weight is 378 g/mol. The highest BCUT2D eigenvalue weighted by atomic mass is 16.6. The summed E-state index contributed by atoms with van der Waals surface area (Å²) < 4.78 is 16.3. The quantitative estimate of drug-likeness (QED) is 0.229. The van der Waals surface area contributed by atoms with Crippen molar-refractivity contribution in [1.82, 2.24) is 0 Å². The SMILES string of the molecule is C=C(C)C(=O)OCCOCCOCc1c2ccccc2cc2ccc(C)cc12. The van der Waals surface area contributed by atoms with E-state index in [0.717, 1.165) is 0 Å². The lowest BCUT2D eigenvalue weighted by atomic mass is 9.96. The maximum atomic E-state index is 11.3. The molecule has 0 saturated heterocycles. The Hall–Kier alpha value is -2.69. The van der Waals surface area contributed by atoms with E-state index in [0.29, 0.717) is 32.0 Å². The van der Waals surface area contributed by atoms with Crippen molar-refractivity contribution < 1.29 is 19.0 Å². The molecule has 3 aromatic carbocycles. The Labute approximate surface area is 165 Å². The van der Waals surface area contributed by atoms with Crippen LogP contribution in [0.1, 0.15) is 18.1 Å². The van der Waals surface area contributed by atoms with Gasteiger partial charge in [0.05, 0.1) is 26.4 Å². The van der Waals surface area contributed by atoms with Gasteiger partial charge in [-0.3, -0.25) is 0 Å². The van der Waals surface area contributed by atoms with Crippen LogP contribution in [-0.4, -0.2) is 32.4 Å². The van der Waals surface area contributed by atoms with E-state index < -0.39 is 5.97 Å². The molecular formula is C24H26O4. The second-order valence-corrected chi connectivity index (χ2v) is 6.88. The number of hydrogen-bond acceptors (Lipinski definition) is 4. The van der Waals surface area contributed by atoms with E-state index >= 15 is 0 Å². The number of ether oxygens (including phenoxy) is 3. The van der Waals surface area contributed by atoms with Crippen molar-refractivity contribution >= 4 is 27.5 Å². The molecule has 0 aliphatic heterocycles. The zero-order valence-electron chi connectivity index (χ0n) is 16.5. The van der Waals surface area contributed by atoms with Gasteiger partial charge in [-0.05, 0) is 47.0 Å². The summed E-state index contributed by atoms with van der Waals surface area (Å²) in [6, 6.07) is 17.1. The predicted molar refractivity (Wildman–Crippen MR) is 112 cm³/mol. The third-order valence-electron chi connectivity index (χ3n) is 4.56. The summed E-state index contributed by atoms with van der Waals surface area (Å²) >= 11 is 0. The first-order valence-electron chi connectivity index (χ1n) is 9.45. The van der Waals surface area contributed by atoms with Crippen molar-refractivity contribution in [3.8, 4) is 0 Å². The maximum absolute atomic E-state index is 11.3. The number of rotatable bonds is 9. The van der Waals surface area contributed by atoms with Crippen LogP contribution in [-0.2, 0) is 25.6 Å². The molecule has 0 N–H and O–H groups in total. The number of aryl methyl sites for hydroxylation is 1. The summed E-state index contributed by atoms with van der Waals surface area (Å²) in [7, 11) is 0. The van der Waals surface area contributed by atoms with Gasteiger partial charge in [0.25, 0.3) is 0 Å². The summed E-state index contributed by atoms with van der Waals surface area (Å²) in [5.41, 5.74) is 2.82. The standard InChI is InChI=1S/C24H26O4/c1-17(2)24(25)28-13-12-26-10-11-27-16-23-21-7-5-4-6-19(21)15-20-9-8-18(3)14-22(20)23/h4-9,14-15H,1,10-13,16H2,2-3H3. The van der Waals surface area contributed by atoms with Gasteiger partial charge >= 0.3 is 5.97 Å². The third-order valence-corrected chi connectivity index (χ3v) is 4.56. The molecule has 28 heavy (non-hydrogen) atoms. The molecule has 0 heterocycles. The van der Waals surface area contributed by atoms with Gasteiger partial charge < -0.3 is 14.2 Å². The summed E-state index contributed by atoms with van der Waals surface area (Å²) in [4.78, 5) is 11.3. The van der Waals surface area contributed by atoms with Gasteiger partial charge in [0.15, 0.2) is 0 Å². The first-order chi connectivity index (χ1) is 13.6. The minimum atomic E-state index is -0.391. The summed E-state index contributed by atoms with van der Waals surface area (Å²) in [6.07, 6.45) is 0. The molecule has 0 amide bonds. The number of esters is 1. The van der Waals surface area contributed by atoms with E-state index in [1.807, 2.05) is 0 Å². The lowest BCUT2D eigenvalue weighted by molar-refractivity contribution is -0.140. The summed E-state index contributed by atoms with van der Waals surface area (Å²) in [5, 5.41) is 4.88. The molecule has 0 aliphatic rings. The van der Waals surface area contributed by atoms with Gasteiger partial charge in [0.2, 0.25) is 0 Å². The fourth-order valence-corrected chi connectivity index (χ4v) is 3.13. The van der Waals surface area contributed by atoms with Crippen LogP contribution in [0.25, 0.3) is 21.5 Å². The fraction of sp³-hybridized carbons (Fsp3) is 0.292. The maximum Gasteiger partial charge on any atom is 0.333 e. The molecule has 3 rings (SSSR count). The van der Waals surface area contributed by atoms with E-state index in [4.69, 9.17) is 14.2 Å². The van der Waals surface area contributed by atoms with E-state index in [9.17, 15) is 4.79 Å². The van der Waals surface area contributed by atoms with Crippen molar-refractivity contribution in [2.75, 3.05) is 26.4 Å². The van der Waals surface area contributed by atoms with Crippen molar-refractivity contribution in [1.29, 1.82) is 0 Å². The molecule has 0 radical (unpaired) electrons. The number of carbonyl (C=O) groups is 1. The molecule has 4 heteroatoms. The zero-order valence-corrected chi connectivity index (χ0v) is 16.5. The molecule has 0 saturated carbocycles. The third kappa shape index (κ3) is 4.97. The van der Waals surface area contributed by atoms with Crippen molar-refractivity contribution in [3.63, 3.8) is 0 Å². The molecule has 0 unspecified atom stereocenters. The first-order valence-corrected chi connectivity index (χ1v) is 9.45. The fourth-order valence-electron chi connectivity index (χ4n) is 3.13. The first kappa shape index (κ1) is 20.1. The van der Waals surface area contributed by atoms with Gasteiger partial charge in [-0.1, -0.05) is 54.6 Å². The van der Waals surface area contributed by atoms with Crippen LogP contribution >= 0.6 is 0 Å². The highest BCUT2D eigenvalue weighted by molar-refractivity contribution is 6.02. The van der Waals surface area contributed by atoms with E-state index in [1.165, 1.54) is 32.7 Å². The predicted octanol–water partition coefficient (Wildman–Crippen LogP) is 4.95. The molecule has 0 aliphatic carbocycles. The van der Waals surface area contributed by atoms with Crippen LogP contribution in [0.5, 0.6) is 0 Å². The smallest absolute Gasteiger partial charge is 0.333 e. The second kappa shape index (κ2) is 9.49. The molecule has 0 bridgehead atoms. The lowest BCUT2D eigenvalue weighted by Crippen LogP contribution is -2.13. The highest BCUT2D eigenvalue weighted by Gasteiger charge is 2.08. The molecule has 0 fully saturated rings.